The van der Waals surface area contributed by atoms with Crippen LogP contribution in [0.4, 0.5) is 0 Å². The number of allylic oxidation sites excluding steroid dienone is 2. The van der Waals surface area contributed by atoms with Crippen molar-refractivity contribution >= 4 is 5.78 Å². The van der Waals surface area contributed by atoms with Crippen molar-refractivity contribution in [2.45, 2.75) is 39.7 Å². The molecule has 1 unspecified atom stereocenters. The van der Waals surface area contributed by atoms with E-state index >= 15 is 0 Å². The molecule has 0 aromatic heterocycles. The fourth-order valence-corrected chi connectivity index (χ4v) is 2.12. The minimum atomic E-state index is -0.0151. The Labute approximate surface area is 92.7 Å². The van der Waals surface area contributed by atoms with Gasteiger partial charge in [-0.15, -0.1) is 0 Å². The van der Waals surface area contributed by atoms with Gasteiger partial charge in [0.2, 0.25) is 0 Å². The molecule has 2 heteroatoms. The van der Waals surface area contributed by atoms with E-state index in [0.29, 0.717) is 12.2 Å². The third-order valence-electron chi connectivity index (χ3n) is 2.83. The molecule has 0 aromatic rings. The van der Waals surface area contributed by atoms with Crippen LogP contribution in [0.5, 0.6) is 0 Å². The van der Waals surface area contributed by atoms with E-state index in [1.54, 1.807) is 0 Å². The van der Waals surface area contributed by atoms with Crippen molar-refractivity contribution in [1.29, 1.82) is 0 Å². The highest BCUT2D eigenvalue weighted by Crippen LogP contribution is 2.18. The lowest BCUT2D eigenvalue weighted by Crippen LogP contribution is -2.38. The summed E-state index contributed by atoms with van der Waals surface area (Å²) < 4.78 is 0. The van der Waals surface area contributed by atoms with Crippen LogP contribution >= 0.6 is 0 Å². The average molecular weight is 207 g/mol. The van der Waals surface area contributed by atoms with Gasteiger partial charge in [-0.25, -0.2) is 0 Å². The van der Waals surface area contributed by atoms with Crippen LogP contribution in [-0.4, -0.2) is 30.3 Å². The van der Waals surface area contributed by atoms with E-state index in [2.05, 4.69) is 37.8 Å². The molecule has 0 bridgehead atoms. The van der Waals surface area contributed by atoms with E-state index in [1.165, 1.54) is 11.1 Å². The Morgan fingerprint density at radius 1 is 1.53 bits per heavy atom. The predicted molar refractivity (Wildman–Crippen MR) is 63.8 cm³/mol. The molecule has 0 fully saturated rings. The van der Waals surface area contributed by atoms with Gasteiger partial charge in [0.1, 0.15) is 0 Å². The number of nitrogens with zero attached hydrogens (tertiary/aromatic N) is 1. The van der Waals surface area contributed by atoms with Gasteiger partial charge < -0.3 is 0 Å². The zero-order valence-corrected chi connectivity index (χ0v) is 10.2. The Balaban J connectivity index is 2.87. The molecule has 1 aliphatic heterocycles. The van der Waals surface area contributed by atoms with Crippen LogP contribution in [0.15, 0.2) is 23.3 Å². The second-order valence-electron chi connectivity index (χ2n) is 4.39. The zero-order chi connectivity index (χ0) is 11.4. The van der Waals surface area contributed by atoms with E-state index < -0.39 is 0 Å². The van der Waals surface area contributed by atoms with Crippen molar-refractivity contribution in [2.24, 2.45) is 0 Å². The Kier molecular flexibility index (Phi) is 4.28. The summed E-state index contributed by atoms with van der Waals surface area (Å²) in [6, 6.07) is -0.0151. The third-order valence-corrected chi connectivity index (χ3v) is 2.83. The average Bonchev–Trinajstić information content (AvgIpc) is 2.26. The van der Waals surface area contributed by atoms with Gasteiger partial charge in [0.25, 0.3) is 0 Å². The van der Waals surface area contributed by atoms with Crippen molar-refractivity contribution in [1.82, 2.24) is 4.90 Å². The van der Waals surface area contributed by atoms with Crippen molar-refractivity contribution in [2.75, 3.05) is 13.6 Å². The maximum atomic E-state index is 12.0. The summed E-state index contributed by atoms with van der Waals surface area (Å²) in [6.07, 6.45) is 5.91. The van der Waals surface area contributed by atoms with E-state index in [4.69, 9.17) is 0 Å². The highest BCUT2D eigenvalue weighted by molar-refractivity contribution is 5.87. The SMILES string of the molecule is CCCC(=O)C1C(C)=CC(C)=CCN1C. The Morgan fingerprint density at radius 2 is 2.20 bits per heavy atom. The predicted octanol–water partition coefficient (Wildman–Crippen LogP) is 2.56. The number of hydrogen-bond donors (Lipinski definition) is 0. The van der Waals surface area contributed by atoms with Crippen molar-refractivity contribution in [3.8, 4) is 0 Å². The molecule has 2 nitrogen and oxygen atoms in total. The number of ketones is 1. The van der Waals surface area contributed by atoms with Gasteiger partial charge in [-0.05, 0) is 32.9 Å². The summed E-state index contributed by atoms with van der Waals surface area (Å²) in [4.78, 5) is 14.1. The molecule has 0 saturated heterocycles. The van der Waals surface area contributed by atoms with Gasteiger partial charge in [-0.1, -0.05) is 24.6 Å². The normalized spacial score (nSPS) is 23.1. The molecular weight excluding hydrogens is 186 g/mol. The molecule has 0 aliphatic carbocycles. The molecular formula is C13H21NO. The number of rotatable bonds is 3. The lowest BCUT2D eigenvalue weighted by molar-refractivity contribution is -0.122. The van der Waals surface area contributed by atoms with E-state index in [0.717, 1.165) is 13.0 Å². The lowest BCUT2D eigenvalue weighted by atomic mass is 9.99. The molecule has 15 heavy (non-hydrogen) atoms. The molecule has 0 amide bonds. The fourth-order valence-electron chi connectivity index (χ4n) is 2.12. The summed E-state index contributed by atoms with van der Waals surface area (Å²) >= 11 is 0. The molecule has 1 heterocycles. The highest BCUT2D eigenvalue weighted by Gasteiger charge is 2.24. The van der Waals surface area contributed by atoms with Crippen molar-refractivity contribution < 1.29 is 4.79 Å². The summed E-state index contributed by atoms with van der Waals surface area (Å²) in [5.41, 5.74) is 2.42. The van der Waals surface area contributed by atoms with Gasteiger partial charge in [0.15, 0.2) is 5.78 Å². The van der Waals surface area contributed by atoms with Crippen LogP contribution < -0.4 is 0 Å². The quantitative estimate of drug-likeness (QED) is 0.709. The van der Waals surface area contributed by atoms with Gasteiger partial charge in [0.05, 0.1) is 6.04 Å². The minimum absolute atomic E-state index is 0.0151. The number of carbonyl (C=O) groups excluding carboxylic acids is 1. The zero-order valence-electron chi connectivity index (χ0n) is 10.2. The maximum Gasteiger partial charge on any atom is 0.154 e. The second-order valence-corrected chi connectivity index (χ2v) is 4.39. The molecule has 0 spiro atoms. The standard InChI is InChI=1S/C13H21NO/c1-5-6-12(15)13-11(3)9-10(2)7-8-14(13)4/h7,9,13H,5-6,8H2,1-4H3. The Bertz CT molecular complexity index is 302. The number of Topliss-reactive ketones (excluding diaryl/α,β-unsaturated/α-hetero) is 1. The first-order valence-electron chi connectivity index (χ1n) is 5.64. The topological polar surface area (TPSA) is 20.3 Å². The van der Waals surface area contributed by atoms with Crippen molar-refractivity contribution in [3.05, 3.63) is 23.3 Å². The van der Waals surface area contributed by atoms with Crippen LogP contribution in [0.3, 0.4) is 0 Å². The molecule has 0 radical (unpaired) electrons. The second kappa shape index (κ2) is 5.26. The molecule has 1 aliphatic rings. The first-order valence-corrected chi connectivity index (χ1v) is 5.64. The van der Waals surface area contributed by atoms with E-state index in [-0.39, 0.29) is 6.04 Å². The molecule has 1 atom stereocenters. The smallest absolute Gasteiger partial charge is 0.154 e. The molecule has 0 N–H and O–H groups in total. The summed E-state index contributed by atoms with van der Waals surface area (Å²) in [5, 5.41) is 0. The van der Waals surface area contributed by atoms with Crippen LogP contribution in [0, 0.1) is 0 Å². The first kappa shape index (κ1) is 12.2. The Morgan fingerprint density at radius 3 is 2.80 bits per heavy atom. The van der Waals surface area contributed by atoms with Crippen LogP contribution in [0.25, 0.3) is 0 Å². The maximum absolute atomic E-state index is 12.0. The van der Waals surface area contributed by atoms with Crippen LogP contribution in [0.2, 0.25) is 0 Å². The fraction of sp³-hybridized carbons (Fsp3) is 0.615. The summed E-state index contributed by atoms with van der Waals surface area (Å²) in [5.74, 6) is 0.344. The van der Waals surface area contributed by atoms with Gasteiger partial charge >= 0.3 is 0 Å². The number of carbonyl (C=O) groups is 1. The summed E-state index contributed by atoms with van der Waals surface area (Å²) in [6.45, 7) is 7.05. The molecule has 84 valence electrons. The minimum Gasteiger partial charge on any atom is -0.298 e. The monoisotopic (exact) mass is 207 g/mol. The van der Waals surface area contributed by atoms with Gasteiger partial charge in [-0.3, -0.25) is 9.69 Å². The molecule has 1 rings (SSSR count). The molecule has 0 saturated carbocycles. The number of hydrogen-bond acceptors (Lipinski definition) is 2. The third kappa shape index (κ3) is 3.03. The molecule has 0 aromatic carbocycles. The first-order chi connectivity index (χ1) is 7.06. The highest BCUT2D eigenvalue weighted by atomic mass is 16.1. The lowest BCUT2D eigenvalue weighted by Gasteiger charge is -2.25. The summed E-state index contributed by atoms with van der Waals surface area (Å²) in [7, 11) is 2.02. The van der Waals surface area contributed by atoms with E-state index in [9.17, 15) is 4.79 Å². The number of likely N-dealkylation sites (N-methyl/N-ethyl adjacent to an activating group) is 1. The largest absolute Gasteiger partial charge is 0.298 e. The van der Waals surface area contributed by atoms with Crippen LogP contribution in [0.1, 0.15) is 33.6 Å². The van der Waals surface area contributed by atoms with Crippen molar-refractivity contribution in [3.63, 3.8) is 0 Å². The van der Waals surface area contributed by atoms with Gasteiger partial charge in [0, 0.05) is 13.0 Å². The Hall–Kier alpha value is -0.890. The van der Waals surface area contributed by atoms with E-state index in [1.807, 2.05) is 7.05 Å². The van der Waals surface area contributed by atoms with Gasteiger partial charge in [-0.2, -0.15) is 0 Å². The van der Waals surface area contributed by atoms with Crippen LogP contribution in [-0.2, 0) is 4.79 Å².